The number of nitrogens with two attached hydrogens (primary N) is 1. The standard InChI is InChI=1S/C11H12F3N5/c1-16-10-18-17-9(19(10)2)7-4-3-6(5-8(7)15)11(12,13)14/h3-5H,15H2,1-2H3,(H,16,18). The van der Waals surface area contributed by atoms with Crippen LogP contribution in [0.3, 0.4) is 0 Å². The normalized spacial score (nSPS) is 11.6. The number of benzene rings is 1. The lowest BCUT2D eigenvalue weighted by Gasteiger charge is -2.10. The Labute approximate surface area is 107 Å². The Morgan fingerprint density at radius 2 is 1.95 bits per heavy atom. The van der Waals surface area contributed by atoms with Crippen LogP contribution in [0.1, 0.15) is 5.56 Å². The van der Waals surface area contributed by atoms with E-state index in [2.05, 4.69) is 15.5 Å². The molecule has 0 aliphatic carbocycles. The zero-order chi connectivity index (χ0) is 14.2. The molecule has 102 valence electrons. The second kappa shape index (κ2) is 4.45. The SMILES string of the molecule is CNc1nnc(-c2ccc(C(F)(F)F)cc2N)n1C. The van der Waals surface area contributed by atoms with Crippen molar-refractivity contribution < 1.29 is 13.2 Å². The molecule has 1 heterocycles. The first-order valence-electron chi connectivity index (χ1n) is 5.39. The van der Waals surface area contributed by atoms with E-state index in [9.17, 15) is 13.2 Å². The van der Waals surface area contributed by atoms with Crippen molar-refractivity contribution >= 4 is 11.6 Å². The van der Waals surface area contributed by atoms with Gasteiger partial charge in [-0.15, -0.1) is 10.2 Å². The van der Waals surface area contributed by atoms with Crippen LogP contribution >= 0.6 is 0 Å². The summed E-state index contributed by atoms with van der Waals surface area (Å²) in [6.07, 6.45) is -4.41. The fourth-order valence-electron chi connectivity index (χ4n) is 1.72. The van der Waals surface area contributed by atoms with E-state index >= 15 is 0 Å². The van der Waals surface area contributed by atoms with Crippen LogP contribution in [-0.4, -0.2) is 21.8 Å². The summed E-state index contributed by atoms with van der Waals surface area (Å²) >= 11 is 0. The molecule has 0 radical (unpaired) electrons. The maximum absolute atomic E-state index is 12.5. The van der Waals surface area contributed by atoms with Crippen LogP contribution in [0.5, 0.6) is 0 Å². The minimum Gasteiger partial charge on any atom is -0.398 e. The predicted molar refractivity (Wildman–Crippen MR) is 65.4 cm³/mol. The molecule has 0 saturated carbocycles. The van der Waals surface area contributed by atoms with Crippen molar-refractivity contribution in [2.45, 2.75) is 6.18 Å². The highest BCUT2D eigenvalue weighted by atomic mass is 19.4. The molecule has 0 spiro atoms. The minimum atomic E-state index is -4.41. The summed E-state index contributed by atoms with van der Waals surface area (Å²) in [6, 6.07) is 3.16. The van der Waals surface area contributed by atoms with Crippen molar-refractivity contribution in [3.05, 3.63) is 23.8 Å². The molecule has 0 unspecified atom stereocenters. The second-order valence-electron chi connectivity index (χ2n) is 3.96. The van der Waals surface area contributed by atoms with Crippen molar-refractivity contribution in [3.8, 4) is 11.4 Å². The average Bonchev–Trinajstić information content (AvgIpc) is 2.69. The molecule has 2 rings (SSSR count). The molecule has 0 amide bonds. The number of alkyl halides is 3. The van der Waals surface area contributed by atoms with Gasteiger partial charge in [0.1, 0.15) is 0 Å². The third-order valence-corrected chi connectivity index (χ3v) is 2.72. The summed E-state index contributed by atoms with van der Waals surface area (Å²) in [6.45, 7) is 0. The van der Waals surface area contributed by atoms with Gasteiger partial charge in [-0.3, -0.25) is 4.57 Å². The fraction of sp³-hybridized carbons (Fsp3) is 0.273. The summed E-state index contributed by atoms with van der Waals surface area (Å²) in [7, 11) is 3.36. The van der Waals surface area contributed by atoms with Crippen LogP contribution in [-0.2, 0) is 13.2 Å². The Morgan fingerprint density at radius 1 is 1.26 bits per heavy atom. The molecule has 5 nitrogen and oxygen atoms in total. The van der Waals surface area contributed by atoms with Gasteiger partial charge in [0.05, 0.1) is 5.56 Å². The number of halogens is 3. The Bertz CT molecular complexity index is 603. The zero-order valence-corrected chi connectivity index (χ0v) is 10.3. The molecule has 8 heteroatoms. The lowest BCUT2D eigenvalue weighted by molar-refractivity contribution is -0.137. The van der Waals surface area contributed by atoms with Crippen LogP contribution in [0.25, 0.3) is 11.4 Å². The van der Waals surface area contributed by atoms with E-state index in [0.717, 1.165) is 12.1 Å². The predicted octanol–water partition coefficient (Wildman–Crippen LogP) is 2.12. The second-order valence-corrected chi connectivity index (χ2v) is 3.96. The summed E-state index contributed by atoms with van der Waals surface area (Å²) < 4.78 is 39.2. The lowest BCUT2D eigenvalue weighted by atomic mass is 10.1. The van der Waals surface area contributed by atoms with Crippen molar-refractivity contribution in [1.82, 2.24) is 14.8 Å². The molecule has 1 aromatic carbocycles. The summed E-state index contributed by atoms with van der Waals surface area (Å²) in [5.74, 6) is 0.893. The third kappa shape index (κ3) is 2.33. The first kappa shape index (κ1) is 13.2. The molecule has 0 saturated heterocycles. The number of hydrogen-bond acceptors (Lipinski definition) is 4. The lowest BCUT2D eigenvalue weighted by Crippen LogP contribution is -2.07. The van der Waals surface area contributed by atoms with Gasteiger partial charge in [0.25, 0.3) is 0 Å². The Morgan fingerprint density at radius 3 is 2.42 bits per heavy atom. The summed E-state index contributed by atoms with van der Waals surface area (Å²) in [4.78, 5) is 0. The van der Waals surface area contributed by atoms with Gasteiger partial charge < -0.3 is 11.1 Å². The van der Waals surface area contributed by atoms with E-state index in [1.165, 1.54) is 6.07 Å². The minimum absolute atomic E-state index is 0.00739. The molecule has 19 heavy (non-hydrogen) atoms. The number of nitrogens with zero attached hydrogens (tertiary/aromatic N) is 3. The van der Waals surface area contributed by atoms with Crippen molar-refractivity contribution in [1.29, 1.82) is 0 Å². The third-order valence-electron chi connectivity index (χ3n) is 2.72. The van der Waals surface area contributed by atoms with Crippen LogP contribution < -0.4 is 11.1 Å². The number of anilines is 2. The van der Waals surface area contributed by atoms with Gasteiger partial charge in [0, 0.05) is 25.3 Å². The molecule has 0 aliphatic heterocycles. The highest BCUT2D eigenvalue weighted by molar-refractivity contribution is 5.73. The van der Waals surface area contributed by atoms with E-state index in [1.807, 2.05) is 0 Å². The topological polar surface area (TPSA) is 68.8 Å². The molecule has 3 N–H and O–H groups in total. The maximum Gasteiger partial charge on any atom is 0.416 e. The Hall–Kier alpha value is -2.25. The summed E-state index contributed by atoms with van der Waals surface area (Å²) in [5.41, 5.74) is 5.30. The highest BCUT2D eigenvalue weighted by Gasteiger charge is 2.31. The van der Waals surface area contributed by atoms with Crippen LogP contribution in [0.2, 0.25) is 0 Å². The van der Waals surface area contributed by atoms with E-state index in [4.69, 9.17) is 5.73 Å². The van der Waals surface area contributed by atoms with Crippen molar-refractivity contribution in [2.24, 2.45) is 7.05 Å². The van der Waals surface area contributed by atoms with Gasteiger partial charge in [-0.2, -0.15) is 13.2 Å². The first-order chi connectivity index (χ1) is 8.84. The van der Waals surface area contributed by atoms with Crippen LogP contribution in [0.4, 0.5) is 24.8 Å². The first-order valence-corrected chi connectivity index (χ1v) is 5.39. The van der Waals surface area contributed by atoms with Gasteiger partial charge in [-0.05, 0) is 18.2 Å². The Balaban J connectivity index is 2.49. The van der Waals surface area contributed by atoms with Crippen LogP contribution in [0.15, 0.2) is 18.2 Å². The van der Waals surface area contributed by atoms with Crippen LogP contribution in [0, 0.1) is 0 Å². The maximum atomic E-state index is 12.5. The zero-order valence-electron chi connectivity index (χ0n) is 10.3. The fourth-order valence-corrected chi connectivity index (χ4v) is 1.72. The van der Waals surface area contributed by atoms with E-state index < -0.39 is 11.7 Å². The van der Waals surface area contributed by atoms with E-state index in [1.54, 1.807) is 18.7 Å². The molecule has 0 atom stereocenters. The molecule has 0 bridgehead atoms. The van der Waals surface area contributed by atoms with Gasteiger partial charge in [-0.1, -0.05) is 0 Å². The number of aromatic nitrogens is 3. The molecule has 2 aromatic rings. The average molecular weight is 271 g/mol. The Kier molecular flexibility index (Phi) is 3.09. The van der Waals surface area contributed by atoms with E-state index in [-0.39, 0.29) is 5.69 Å². The van der Waals surface area contributed by atoms with Crippen molar-refractivity contribution in [2.75, 3.05) is 18.1 Å². The molecular formula is C11H12F3N5. The van der Waals surface area contributed by atoms with Gasteiger partial charge in [-0.25, -0.2) is 0 Å². The molecule has 0 aliphatic rings. The van der Waals surface area contributed by atoms with Gasteiger partial charge in [0.2, 0.25) is 5.95 Å². The molecular weight excluding hydrogens is 259 g/mol. The largest absolute Gasteiger partial charge is 0.416 e. The number of nitrogens with one attached hydrogen (secondary N) is 1. The molecule has 1 aromatic heterocycles. The monoisotopic (exact) mass is 271 g/mol. The summed E-state index contributed by atoms with van der Waals surface area (Å²) in [5, 5.41) is 10.6. The highest BCUT2D eigenvalue weighted by Crippen LogP contribution is 2.34. The quantitative estimate of drug-likeness (QED) is 0.821. The number of rotatable bonds is 2. The molecule has 0 fully saturated rings. The van der Waals surface area contributed by atoms with E-state index in [0.29, 0.717) is 17.3 Å². The number of hydrogen-bond donors (Lipinski definition) is 2. The van der Waals surface area contributed by atoms with Crippen molar-refractivity contribution in [3.63, 3.8) is 0 Å². The smallest absolute Gasteiger partial charge is 0.398 e. The van der Waals surface area contributed by atoms with Gasteiger partial charge >= 0.3 is 6.18 Å². The number of nitrogen functional groups attached to an aromatic ring is 1. The van der Waals surface area contributed by atoms with Gasteiger partial charge in [0.15, 0.2) is 5.82 Å².